The average molecular weight is 242 g/mol. The zero-order valence-corrected chi connectivity index (χ0v) is 10.8. The molecular formula is C11H18N2O2S. The fourth-order valence-corrected chi connectivity index (χ4v) is 2.68. The molecule has 0 saturated carbocycles. The smallest absolute Gasteiger partial charge is 0.124 e. The van der Waals surface area contributed by atoms with Gasteiger partial charge < -0.3 is 15.2 Å². The molecule has 1 aliphatic rings. The number of ether oxygens (including phenoxy) is 2. The Morgan fingerprint density at radius 3 is 2.94 bits per heavy atom. The van der Waals surface area contributed by atoms with Crippen LogP contribution in [0.5, 0.6) is 0 Å². The van der Waals surface area contributed by atoms with Gasteiger partial charge in [0.05, 0.1) is 17.8 Å². The summed E-state index contributed by atoms with van der Waals surface area (Å²) in [5, 5.41) is 2.98. The normalized spacial score (nSPS) is 26.2. The van der Waals surface area contributed by atoms with Crippen LogP contribution in [0.25, 0.3) is 0 Å². The number of aromatic nitrogens is 1. The van der Waals surface area contributed by atoms with Crippen LogP contribution in [0.4, 0.5) is 0 Å². The standard InChI is InChI=1S/C11H18N2O2S/c1-10(2,14-3)9-13-8(6-16-9)11(12)4-5-15-7-11/h6H,4-5,7,12H2,1-3H3. The van der Waals surface area contributed by atoms with Gasteiger partial charge >= 0.3 is 0 Å². The van der Waals surface area contributed by atoms with Gasteiger partial charge in [0.25, 0.3) is 0 Å². The molecule has 0 radical (unpaired) electrons. The molecule has 2 heterocycles. The Labute approximate surface area is 99.8 Å². The second-order valence-electron chi connectivity index (χ2n) is 4.71. The van der Waals surface area contributed by atoms with Gasteiger partial charge in [0, 0.05) is 19.1 Å². The minimum atomic E-state index is -0.404. The minimum absolute atomic E-state index is 0.348. The van der Waals surface area contributed by atoms with Crippen molar-refractivity contribution in [2.24, 2.45) is 5.73 Å². The van der Waals surface area contributed by atoms with Gasteiger partial charge in [0.2, 0.25) is 0 Å². The van der Waals surface area contributed by atoms with Gasteiger partial charge in [0.1, 0.15) is 10.6 Å². The van der Waals surface area contributed by atoms with Crippen LogP contribution in [-0.4, -0.2) is 25.3 Å². The summed E-state index contributed by atoms with van der Waals surface area (Å²) < 4.78 is 10.8. The predicted octanol–water partition coefficient (Wildman–Crippen LogP) is 1.60. The molecule has 0 bridgehead atoms. The molecule has 5 heteroatoms. The lowest BCUT2D eigenvalue weighted by Gasteiger charge is -2.21. The van der Waals surface area contributed by atoms with Crippen LogP contribution in [0.1, 0.15) is 31.0 Å². The first kappa shape index (κ1) is 12.0. The van der Waals surface area contributed by atoms with Crippen LogP contribution >= 0.6 is 11.3 Å². The number of hydrogen-bond donors (Lipinski definition) is 1. The summed E-state index contributed by atoms with van der Waals surface area (Å²) in [6, 6.07) is 0. The van der Waals surface area contributed by atoms with E-state index in [0.717, 1.165) is 23.7 Å². The van der Waals surface area contributed by atoms with Crippen LogP contribution in [0, 0.1) is 0 Å². The first-order valence-electron chi connectivity index (χ1n) is 5.36. The average Bonchev–Trinajstić information content (AvgIpc) is 2.86. The first-order valence-corrected chi connectivity index (χ1v) is 6.24. The lowest BCUT2D eigenvalue weighted by Crippen LogP contribution is -2.37. The highest BCUT2D eigenvalue weighted by Gasteiger charge is 2.36. The molecule has 1 saturated heterocycles. The maximum absolute atomic E-state index is 6.26. The van der Waals surface area contributed by atoms with Crippen molar-refractivity contribution in [3.8, 4) is 0 Å². The Morgan fingerprint density at radius 1 is 1.62 bits per heavy atom. The van der Waals surface area contributed by atoms with E-state index in [9.17, 15) is 0 Å². The van der Waals surface area contributed by atoms with Gasteiger partial charge in [-0.3, -0.25) is 0 Å². The fourth-order valence-electron chi connectivity index (χ4n) is 1.65. The Balaban J connectivity index is 2.26. The molecule has 0 spiro atoms. The van der Waals surface area contributed by atoms with Crippen LogP contribution in [0.2, 0.25) is 0 Å². The lowest BCUT2D eigenvalue weighted by atomic mass is 9.97. The van der Waals surface area contributed by atoms with E-state index >= 15 is 0 Å². The summed E-state index contributed by atoms with van der Waals surface area (Å²) in [6.07, 6.45) is 0.837. The van der Waals surface area contributed by atoms with E-state index in [4.69, 9.17) is 15.2 Å². The summed E-state index contributed by atoms with van der Waals surface area (Å²) in [6.45, 7) is 5.29. The maximum Gasteiger partial charge on any atom is 0.124 e. The molecule has 2 rings (SSSR count). The van der Waals surface area contributed by atoms with Gasteiger partial charge in [-0.1, -0.05) is 0 Å². The molecule has 1 atom stereocenters. The lowest BCUT2D eigenvalue weighted by molar-refractivity contribution is 0.0187. The van der Waals surface area contributed by atoms with Crippen molar-refractivity contribution in [3.05, 3.63) is 16.1 Å². The van der Waals surface area contributed by atoms with Crippen molar-refractivity contribution in [2.75, 3.05) is 20.3 Å². The van der Waals surface area contributed by atoms with Gasteiger partial charge in [-0.15, -0.1) is 11.3 Å². The van der Waals surface area contributed by atoms with Gasteiger partial charge in [-0.25, -0.2) is 4.98 Å². The number of methoxy groups -OCH3 is 1. The third kappa shape index (κ3) is 2.00. The highest BCUT2D eigenvalue weighted by Crippen LogP contribution is 2.33. The van der Waals surface area contributed by atoms with Gasteiger partial charge in [-0.05, 0) is 20.3 Å². The molecule has 1 aromatic heterocycles. The second kappa shape index (κ2) is 4.07. The number of hydrogen-bond acceptors (Lipinski definition) is 5. The number of thiazole rings is 1. The number of nitrogens with zero attached hydrogens (tertiary/aromatic N) is 1. The first-order chi connectivity index (χ1) is 7.48. The molecule has 0 aliphatic carbocycles. The molecule has 1 aliphatic heterocycles. The molecule has 16 heavy (non-hydrogen) atoms. The zero-order chi connectivity index (χ0) is 11.8. The van der Waals surface area contributed by atoms with E-state index in [2.05, 4.69) is 4.98 Å². The monoisotopic (exact) mass is 242 g/mol. The molecular weight excluding hydrogens is 224 g/mol. The van der Waals surface area contributed by atoms with Crippen molar-refractivity contribution in [1.82, 2.24) is 4.98 Å². The van der Waals surface area contributed by atoms with Crippen molar-refractivity contribution in [2.45, 2.75) is 31.4 Å². The number of nitrogens with two attached hydrogens (primary N) is 1. The van der Waals surface area contributed by atoms with Crippen LogP contribution in [0.3, 0.4) is 0 Å². The van der Waals surface area contributed by atoms with E-state index in [1.54, 1.807) is 18.4 Å². The summed E-state index contributed by atoms with van der Waals surface area (Å²) >= 11 is 1.59. The second-order valence-corrected chi connectivity index (χ2v) is 5.57. The Kier molecular flexibility index (Phi) is 3.05. The van der Waals surface area contributed by atoms with E-state index in [0.29, 0.717) is 6.61 Å². The molecule has 1 unspecified atom stereocenters. The van der Waals surface area contributed by atoms with Crippen molar-refractivity contribution >= 4 is 11.3 Å². The molecule has 90 valence electrons. The van der Waals surface area contributed by atoms with Crippen LogP contribution in [-0.2, 0) is 20.6 Å². The Morgan fingerprint density at radius 2 is 2.38 bits per heavy atom. The summed E-state index contributed by atoms with van der Waals surface area (Å²) in [5.74, 6) is 0. The van der Waals surface area contributed by atoms with Crippen molar-refractivity contribution < 1.29 is 9.47 Å². The Bertz CT molecular complexity index is 370. The molecule has 1 fully saturated rings. The van der Waals surface area contributed by atoms with Gasteiger partial charge in [-0.2, -0.15) is 0 Å². The third-order valence-corrected chi connectivity index (χ3v) is 4.24. The molecule has 2 N–H and O–H groups in total. The SMILES string of the molecule is COC(C)(C)c1nc(C2(N)CCOC2)cs1. The number of rotatable bonds is 3. The van der Waals surface area contributed by atoms with Crippen LogP contribution in [0.15, 0.2) is 5.38 Å². The maximum atomic E-state index is 6.26. The van der Waals surface area contributed by atoms with Crippen molar-refractivity contribution in [3.63, 3.8) is 0 Å². The quantitative estimate of drug-likeness (QED) is 0.874. The topological polar surface area (TPSA) is 57.4 Å². The van der Waals surface area contributed by atoms with E-state index in [1.165, 1.54) is 0 Å². The fraction of sp³-hybridized carbons (Fsp3) is 0.727. The third-order valence-electron chi connectivity index (χ3n) is 3.09. The molecule has 4 nitrogen and oxygen atoms in total. The van der Waals surface area contributed by atoms with Crippen LogP contribution < -0.4 is 5.73 Å². The largest absolute Gasteiger partial charge is 0.379 e. The summed E-state index contributed by atoms with van der Waals surface area (Å²) in [4.78, 5) is 4.60. The summed E-state index contributed by atoms with van der Waals surface area (Å²) in [7, 11) is 1.69. The summed E-state index contributed by atoms with van der Waals surface area (Å²) in [5.41, 5.74) is 6.43. The highest BCUT2D eigenvalue weighted by molar-refractivity contribution is 7.09. The molecule has 1 aromatic rings. The van der Waals surface area contributed by atoms with Crippen molar-refractivity contribution in [1.29, 1.82) is 0 Å². The highest BCUT2D eigenvalue weighted by atomic mass is 32.1. The predicted molar refractivity (Wildman–Crippen MR) is 63.5 cm³/mol. The van der Waals surface area contributed by atoms with E-state index in [1.807, 2.05) is 19.2 Å². The van der Waals surface area contributed by atoms with E-state index < -0.39 is 5.54 Å². The molecule has 0 amide bonds. The zero-order valence-electron chi connectivity index (χ0n) is 9.95. The Hall–Kier alpha value is -0.490. The molecule has 0 aromatic carbocycles. The van der Waals surface area contributed by atoms with Gasteiger partial charge in [0.15, 0.2) is 0 Å². The minimum Gasteiger partial charge on any atom is -0.379 e. The van der Waals surface area contributed by atoms with E-state index in [-0.39, 0.29) is 5.60 Å².